The topological polar surface area (TPSA) is 20.2 Å². The zero-order chi connectivity index (χ0) is 14.0. The van der Waals surface area contributed by atoms with Crippen LogP contribution in [0.5, 0.6) is 0 Å². The van der Waals surface area contributed by atoms with Crippen molar-refractivity contribution in [2.24, 2.45) is 29.1 Å². The van der Waals surface area contributed by atoms with E-state index < -0.39 is 0 Å². The molecule has 0 aromatic rings. The van der Waals surface area contributed by atoms with E-state index in [1.54, 1.807) is 0 Å². The maximum Gasteiger partial charge on any atom is 0.0573 e. The number of hydrogen-bond acceptors (Lipinski definition) is 1. The molecule has 2 aliphatic carbocycles. The van der Waals surface area contributed by atoms with Gasteiger partial charge < -0.3 is 5.11 Å². The molecular weight excluding hydrogens is 232 g/mol. The van der Waals surface area contributed by atoms with Gasteiger partial charge in [-0.2, -0.15) is 0 Å². The molecule has 1 nitrogen and oxygen atoms in total. The van der Waals surface area contributed by atoms with Crippen LogP contribution in [-0.4, -0.2) is 11.2 Å². The molecule has 2 aliphatic rings. The Morgan fingerprint density at radius 3 is 2.53 bits per heavy atom. The molecule has 2 rings (SSSR count). The van der Waals surface area contributed by atoms with Gasteiger partial charge in [0.05, 0.1) is 6.10 Å². The second-order valence-corrected chi connectivity index (χ2v) is 8.06. The number of aliphatic hydroxyl groups is 1. The third-order valence-corrected chi connectivity index (χ3v) is 6.29. The van der Waals surface area contributed by atoms with Gasteiger partial charge in [-0.05, 0) is 54.8 Å². The molecule has 0 amide bonds. The van der Waals surface area contributed by atoms with E-state index in [4.69, 9.17) is 0 Å². The second kappa shape index (κ2) is 6.16. The van der Waals surface area contributed by atoms with E-state index in [0.29, 0.717) is 11.3 Å². The molecule has 5 atom stereocenters. The lowest BCUT2D eigenvalue weighted by Crippen LogP contribution is -2.41. The lowest BCUT2D eigenvalue weighted by Gasteiger charge is -2.45. The minimum Gasteiger partial charge on any atom is -0.393 e. The second-order valence-electron chi connectivity index (χ2n) is 8.06. The van der Waals surface area contributed by atoms with Crippen molar-refractivity contribution in [3.05, 3.63) is 0 Å². The molecule has 112 valence electrons. The molecule has 0 radical (unpaired) electrons. The van der Waals surface area contributed by atoms with E-state index in [-0.39, 0.29) is 6.10 Å². The van der Waals surface area contributed by atoms with Gasteiger partial charge in [-0.15, -0.1) is 0 Å². The fraction of sp³-hybridized carbons (Fsp3) is 1.00. The van der Waals surface area contributed by atoms with Gasteiger partial charge in [0.2, 0.25) is 0 Å². The van der Waals surface area contributed by atoms with E-state index in [1.165, 1.54) is 44.9 Å². The van der Waals surface area contributed by atoms with E-state index in [0.717, 1.165) is 24.2 Å². The number of fused-ring (bicyclic) bond motifs is 1. The summed E-state index contributed by atoms with van der Waals surface area (Å²) < 4.78 is 0. The first-order chi connectivity index (χ1) is 8.95. The maximum atomic E-state index is 10.3. The van der Waals surface area contributed by atoms with Crippen molar-refractivity contribution in [3.8, 4) is 0 Å². The molecule has 2 fully saturated rings. The highest BCUT2D eigenvalue weighted by molar-refractivity contribution is 5.01. The highest BCUT2D eigenvalue weighted by Crippen LogP contribution is 2.58. The van der Waals surface area contributed by atoms with Crippen LogP contribution in [0.4, 0.5) is 0 Å². The van der Waals surface area contributed by atoms with Crippen molar-refractivity contribution >= 4 is 0 Å². The Kier molecular flexibility index (Phi) is 4.98. The Bertz CT molecular complexity index is 285. The van der Waals surface area contributed by atoms with Crippen LogP contribution < -0.4 is 0 Å². The molecule has 0 aliphatic heterocycles. The number of rotatable bonds is 5. The lowest BCUT2D eigenvalue weighted by molar-refractivity contribution is -0.0278. The van der Waals surface area contributed by atoms with Crippen molar-refractivity contribution in [3.63, 3.8) is 0 Å². The molecule has 0 spiro atoms. The van der Waals surface area contributed by atoms with E-state index in [1.807, 2.05) is 0 Å². The monoisotopic (exact) mass is 266 g/mol. The summed E-state index contributed by atoms with van der Waals surface area (Å²) in [5.41, 5.74) is 0.439. The van der Waals surface area contributed by atoms with Crippen molar-refractivity contribution < 1.29 is 5.11 Å². The maximum absolute atomic E-state index is 10.3. The van der Waals surface area contributed by atoms with Gasteiger partial charge in [-0.1, -0.05) is 53.4 Å². The largest absolute Gasteiger partial charge is 0.393 e. The predicted octanol–water partition coefficient (Wildman–Crippen LogP) is 5.03. The Labute approximate surface area is 120 Å². The molecule has 5 unspecified atom stereocenters. The Hall–Kier alpha value is -0.0400. The fourth-order valence-electron chi connectivity index (χ4n) is 5.17. The van der Waals surface area contributed by atoms with E-state index in [2.05, 4.69) is 27.7 Å². The summed E-state index contributed by atoms with van der Waals surface area (Å²) in [5, 5.41) is 10.3. The molecule has 19 heavy (non-hydrogen) atoms. The minimum atomic E-state index is -0.00776. The van der Waals surface area contributed by atoms with Crippen molar-refractivity contribution in [1.29, 1.82) is 0 Å². The first kappa shape index (κ1) is 15.4. The summed E-state index contributed by atoms with van der Waals surface area (Å²) >= 11 is 0. The smallest absolute Gasteiger partial charge is 0.0573 e. The van der Waals surface area contributed by atoms with Gasteiger partial charge in [0.25, 0.3) is 0 Å². The first-order valence-corrected chi connectivity index (χ1v) is 8.63. The molecule has 1 N–H and O–H groups in total. The SMILES string of the molecule is CC(C)CCCC(C)C1CCC2C(O)CCCC12C. The van der Waals surface area contributed by atoms with Crippen LogP contribution >= 0.6 is 0 Å². The number of aliphatic hydroxyl groups excluding tert-OH is 1. The average Bonchev–Trinajstić information content (AvgIpc) is 2.67. The average molecular weight is 266 g/mol. The molecule has 0 aromatic heterocycles. The fourth-order valence-corrected chi connectivity index (χ4v) is 5.17. The van der Waals surface area contributed by atoms with Crippen molar-refractivity contribution in [2.45, 2.75) is 85.2 Å². The lowest BCUT2D eigenvalue weighted by atomic mass is 9.61. The molecule has 0 aromatic carbocycles. The summed E-state index contributed by atoms with van der Waals surface area (Å²) in [5.74, 6) is 3.15. The van der Waals surface area contributed by atoms with Gasteiger partial charge in [0, 0.05) is 0 Å². The van der Waals surface area contributed by atoms with Gasteiger partial charge in [0.1, 0.15) is 0 Å². The van der Waals surface area contributed by atoms with Crippen LogP contribution in [0.2, 0.25) is 0 Å². The van der Waals surface area contributed by atoms with Crippen LogP contribution in [0.1, 0.15) is 79.1 Å². The summed E-state index contributed by atoms with van der Waals surface area (Å²) in [6, 6.07) is 0. The minimum absolute atomic E-state index is 0.00776. The molecular formula is C18H34O. The van der Waals surface area contributed by atoms with Crippen LogP contribution in [0, 0.1) is 29.1 Å². The Morgan fingerprint density at radius 1 is 1.11 bits per heavy atom. The van der Waals surface area contributed by atoms with Crippen LogP contribution in [-0.2, 0) is 0 Å². The van der Waals surface area contributed by atoms with Gasteiger partial charge >= 0.3 is 0 Å². The van der Waals surface area contributed by atoms with Crippen molar-refractivity contribution in [1.82, 2.24) is 0 Å². The molecule has 0 bridgehead atoms. The summed E-state index contributed by atoms with van der Waals surface area (Å²) in [6.07, 6.45) is 10.4. The predicted molar refractivity (Wildman–Crippen MR) is 82.0 cm³/mol. The molecule has 1 heteroatoms. The van der Waals surface area contributed by atoms with E-state index >= 15 is 0 Å². The van der Waals surface area contributed by atoms with Crippen LogP contribution in [0.25, 0.3) is 0 Å². The van der Waals surface area contributed by atoms with Gasteiger partial charge in [-0.3, -0.25) is 0 Å². The van der Waals surface area contributed by atoms with Crippen molar-refractivity contribution in [2.75, 3.05) is 0 Å². The molecule has 2 saturated carbocycles. The Balaban J connectivity index is 1.93. The zero-order valence-corrected chi connectivity index (χ0v) is 13.5. The van der Waals surface area contributed by atoms with Crippen LogP contribution in [0.3, 0.4) is 0 Å². The first-order valence-electron chi connectivity index (χ1n) is 8.63. The highest BCUT2D eigenvalue weighted by Gasteiger charge is 2.51. The van der Waals surface area contributed by atoms with Crippen LogP contribution in [0.15, 0.2) is 0 Å². The highest BCUT2D eigenvalue weighted by atomic mass is 16.3. The van der Waals surface area contributed by atoms with Gasteiger partial charge in [0.15, 0.2) is 0 Å². The Morgan fingerprint density at radius 2 is 1.84 bits per heavy atom. The normalized spacial score (nSPS) is 40.4. The van der Waals surface area contributed by atoms with E-state index in [9.17, 15) is 5.11 Å². The molecule has 0 heterocycles. The number of hydrogen-bond donors (Lipinski definition) is 1. The third-order valence-electron chi connectivity index (χ3n) is 6.29. The van der Waals surface area contributed by atoms with Gasteiger partial charge in [-0.25, -0.2) is 0 Å². The third kappa shape index (κ3) is 3.17. The standard InChI is InChI=1S/C18H34O/c1-13(2)7-5-8-14(3)15-10-11-16-17(19)9-6-12-18(15,16)4/h13-17,19H,5-12H2,1-4H3. The zero-order valence-electron chi connectivity index (χ0n) is 13.5. The summed E-state index contributed by atoms with van der Waals surface area (Å²) in [6.45, 7) is 9.61. The summed E-state index contributed by atoms with van der Waals surface area (Å²) in [7, 11) is 0. The quantitative estimate of drug-likeness (QED) is 0.740. The molecule has 0 saturated heterocycles. The summed E-state index contributed by atoms with van der Waals surface area (Å²) in [4.78, 5) is 0.